The number of nitrogens with one attached hydrogen (secondary N) is 1. The van der Waals surface area contributed by atoms with E-state index in [2.05, 4.69) is 10.4 Å². The van der Waals surface area contributed by atoms with Crippen molar-refractivity contribution in [3.8, 4) is 0 Å². The third kappa shape index (κ3) is 3.36. The number of para-hydroxylation sites is 1. The number of carbonyl (C=O) groups is 1. The molecular weight excluding hydrogens is 290 g/mol. The Morgan fingerprint density at radius 1 is 1.48 bits per heavy atom. The molecule has 0 amide bonds. The number of aryl methyl sites for hydroxylation is 1. The normalized spacial score (nSPS) is 12.0. The molecule has 0 aliphatic carbocycles. The van der Waals surface area contributed by atoms with Crippen LogP contribution < -0.4 is 5.32 Å². The lowest BCUT2D eigenvalue weighted by Crippen LogP contribution is -2.24. The molecule has 0 aliphatic rings. The van der Waals surface area contributed by atoms with E-state index in [4.69, 9.17) is 16.3 Å². The molecule has 0 saturated heterocycles. The topological polar surface area (TPSA) is 56.1 Å². The van der Waals surface area contributed by atoms with Crippen LogP contribution in [0.4, 0.5) is 5.69 Å². The zero-order valence-corrected chi connectivity index (χ0v) is 13.0. The first kappa shape index (κ1) is 15.4. The van der Waals surface area contributed by atoms with Gasteiger partial charge in [0.2, 0.25) is 0 Å². The van der Waals surface area contributed by atoms with Crippen LogP contribution in [-0.2, 0) is 16.6 Å². The number of halogens is 1. The van der Waals surface area contributed by atoms with Crippen LogP contribution in [0.2, 0.25) is 5.02 Å². The first-order valence-electron chi connectivity index (χ1n) is 6.70. The minimum atomic E-state index is -0.640. The Kier molecular flexibility index (Phi) is 4.85. The Hall–Kier alpha value is -2.01. The molecule has 112 valence electrons. The highest BCUT2D eigenvalue weighted by atomic mass is 35.5. The van der Waals surface area contributed by atoms with Crippen LogP contribution in [0, 0.1) is 6.92 Å². The van der Waals surface area contributed by atoms with Gasteiger partial charge in [0, 0.05) is 18.3 Å². The highest BCUT2D eigenvalue weighted by molar-refractivity contribution is 6.33. The number of benzene rings is 1. The molecule has 5 nitrogen and oxygen atoms in total. The maximum Gasteiger partial charge on any atom is 0.333 e. The minimum Gasteiger partial charge on any atom is -0.464 e. The molecule has 0 fully saturated rings. The number of ether oxygens (including phenoxy) is 1. The van der Waals surface area contributed by atoms with E-state index >= 15 is 0 Å². The number of esters is 1. The zero-order valence-electron chi connectivity index (χ0n) is 12.3. The largest absolute Gasteiger partial charge is 0.464 e. The summed E-state index contributed by atoms with van der Waals surface area (Å²) in [6.45, 7) is 4.00. The fraction of sp³-hybridized carbons (Fsp3) is 0.333. The van der Waals surface area contributed by atoms with Crippen LogP contribution in [0.1, 0.15) is 24.2 Å². The van der Waals surface area contributed by atoms with E-state index in [1.165, 1.54) is 0 Å². The van der Waals surface area contributed by atoms with Gasteiger partial charge in [0.05, 0.1) is 23.5 Å². The van der Waals surface area contributed by atoms with Crippen molar-refractivity contribution in [1.82, 2.24) is 9.78 Å². The van der Waals surface area contributed by atoms with Crippen molar-refractivity contribution in [2.24, 2.45) is 7.05 Å². The first-order chi connectivity index (χ1) is 10.0. The average Bonchev–Trinajstić information content (AvgIpc) is 2.78. The summed E-state index contributed by atoms with van der Waals surface area (Å²) >= 11 is 6.15. The van der Waals surface area contributed by atoms with E-state index in [-0.39, 0.29) is 5.97 Å². The van der Waals surface area contributed by atoms with Crippen molar-refractivity contribution in [2.75, 3.05) is 11.9 Å². The van der Waals surface area contributed by atoms with Gasteiger partial charge in [-0.1, -0.05) is 23.7 Å². The van der Waals surface area contributed by atoms with Crippen LogP contribution in [0.3, 0.4) is 0 Å². The van der Waals surface area contributed by atoms with Gasteiger partial charge in [-0.05, 0) is 26.0 Å². The molecule has 1 atom stereocenters. The van der Waals surface area contributed by atoms with Gasteiger partial charge >= 0.3 is 5.97 Å². The molecule has 1 heterocycles. The summed E-state index contributed by atoms with van der Waals surface area (Å²) < 4.78 is 6.87. The van der Waals surface area contributed by atoms with Gasteiger partial charge in [-0.2, -0.15) is 5.10 Å². The zero-order chi connectivity index (χ0) is 15.4. The van der Waals surface area contributed by atoms with Crippen LogP contribution in [0.25, 0.3) is 0 Å². The molecule has 0 spiro atoms. The van der Waals surface area contributed by atoms with Crippen molar-refractivity contribution in [1.29, 1.82) is 0 Å². The summed E-state index contributed by atoms with van der Waals surface area (Å²) in [5.74, 6) is -0.353. The van der Waals surface area contributed by atoms with E-state index in [1.807, 2.05) is 32.2 Å². The van der Waals surface area contributed by atoms with Gasteiger partial charge in [0.15, 0.2) is 6.04 Å². The fourth-order valence-electron chi connectivity index (χ4n) is 2.02. The van der Waals surface area contributed by atoms with E-state index in [0.29, 0.717) is 17.3 Å². The molecule has 0 aliphatic heterocycles. The summed E-state index contributed by atoms with van der Waals surface area (Å²) in [7, 11) is 1.83. The second-order valence-corrected chi connectivity index (χ2v) is 5.03. The van der Waals surface area contributed by atoms with E-state index in [1.54, 1.807) is 23.9 Å². The highest BCUT2D eigenvalue weighted by Gasteiger charge is 2.26. The average molecular weight is 308 g/mol. The Morgan fingerprint density at radius 3 is 2.76 bits per heavy atom. The van der Waals surface area contributed by atoms with Crippen LogP contribution in [0.5, 0.6) is 0 Å². The number of rotatable bonds is 5. The standard InChI is InChI=1S/C15H18ClN3O2/c1-4-21-15(20)14(11-9-17-19(3)10(11)2)18-13-8-6-5-7-12(13)16/h5-9,14,18H,4H2,1-3H3. The van der Waals surface area contributed by atoms with Crippen molar-refractivity contribution < 1.29 is 9.53 Å². The molecule has 6 heteroatoms. The number of hydrogen-bond acceptors (Lipinski definition) is 4. The van der Waals surface area contributed by atoms with Crippen LogP contribution >= 0.6 is 11.6 Å². The molecule has 0 bridgehead atoms. The Bertz CT molecular complexity index is 640. The third-order valence-electron chi connectivity index (χ3n) is 3.28. The molecule has 1 aromatic heterocycles. The van der Waals surface area contributed by atoms with Gasteiger partial charge < -0.3 is 10.1 Å². The van der Waals surface area contributed by atoms with E-state index < -0.39 is 6.04 Å². The Balaban J connectivity index is 2.35. The molecule has 1 N–H and O–H groups in total. The molecule has 2 aromatic rings. The SMILES string of the molecule is CCOC(=O)C(Nc1ccccc1Cl)c1cnn(C)c1C. The van der Waals surface area contributed by atoms with Gasteiger partial charge in [-0.25, -0.2) is 4.79 Å². The Morgan fingerprint density at radius 2 is 2.19 bits per heavy atom. The molecule has 0 saturated carbocycles. The number of anilines is 1. The Labute approximate surface area is 128 Å². The van der Waals surface area contributed by atoms with Gasteiger partial charge in [-0.15, -0.1) is 0 Å². The second-order valence-electron chi connectivity index (χ2n) is 4.62. The second kappa shape index (κ2) is 6.63. The number of hydrogen-bond donors (Lipinski definition) is 1. The van der Waals surface area contributed by atoms with Gasteiger partial charge in [-0.3, -0.25) is 4.68 Å². The summed E-state index contributed by atoms with van der Waals surface area (Å²) in [5.41, 5.74) is 2.35. The van der Waals surface area contributed by atoms with Gasteiger partial charge in [0.1, 0.15) is 0 Å². The molecule has 1 aromatic carbocycles. The van der Waals surface area contributed by atoms with Crippen molar-refractivity contribution >= 4 is 23.3 Å². The third-order valence-corrected chi connectivity index (χ3v) is 3.61. The predicted octanol–water partition coefficient (Wildman–Crippen LogP) is 3.10. The smallest absolute Gasteiger partial charge is 0.333 e. The fourth-order valence-corrected chi connectivity index (χ4v) is 2.21. The lowest BCUT2D eigenvalue weighted by molar-refractivity contribution is -0.144. The number of nitrogens with zero attached hydrogens (tertiary/aromatic N) is 2. The highest BCUT2D eigenvalue weighted by Crippen LogP contribution is 2.28. The van der Waals surface area contributed by atoms with Crippen LogP contribution in [0.15, 0.2) is 30.5 Å². The minimum absolute atomic E-state index is 0.318. The summed E-state index contributed by atoms with van der Waals surface area (Å²) in [5, 5.41) is 7.87. The summed E-state index contributed by atoms with van der Waals surface area (Å²) in [6.07, 6.45) is 1.67. The van der Waals surface area contributed by atoms with Crippen molar-refractivity contribution in [3.63, 3.8) is 0 Å². The monoisotopic (exact) mass is 307 g/mol. The summed E-state index contributed by atoms with van der Waals surface area (Å²) in [6, 6.07) is 6.63. The molecule has 2 rings (SSSR count). The number of carbonyl (C=O) groups excluding carboxylic acids is 1. The quantitative estimate of drug-likeness (QED) is 0.862. The molecule has 0 radical (unpaired) electrons. The molecule has 1 unspecified atom stereocenters. The predicted molar refractivity (Wildman–Crippen MR) is 82.4 cm³/mol. The maximum atomic E-state index is 12.3. The van der Waals surface area contributed by atoms with Gasteiger partial charge in [0.25, 0.3) is 0 Å². The van der Waals surface area contributed by atoms with Crippen molar-refractivity contribution in [3.05, 3.63) is 46.7 Å². The molecule has 21 heavy (non-hydrogen) atoms. The maximum absolute atomic E-state index is 12.3. The van der Waals surface area contributed by atoms with Crippen molar-refractivity contribution in [2.45, 2.75) is 19.9 Å². The lowest BCUT2D eigenvalue weighted by atomic mass is 10.1. The number of aromatic nitrogens is 2. The lowest BCUT2D eigenvalue weighted by Gasteiger charge is -2.19. The van der Waals surface area contributed by atoms with Crippen LogP contribution in [-0.4, -0.2) is 22.4 Å². The molecular formula is C15H18ClN3O2. The van der Waals surface area contributed by atoms with E-state index in [9.17, 15) is 4.79 Å². The first-order valence-corrected chi connectivity index (χ1v) is 7.08. The summed E-state index contributed by atoms with van der Waals surface area (Å²) in [4.78, 5) is 12.3. The van der Waals surface area contributed by atoms with E-state index in [0.717, 1.165) is 11.3 Å².